The normalized spacial score (nSPS) is 14.2. The maximum atomic E-state index is 10.8. The van der Waals surface area contributed by atoms with E-state index in [1.165, 1.54) is 25.1 Å². The molecule has 0 saturated heterocycles. The van der Waals surface area contributed by atoms with Crippen molar-refractivity contribution in [3.63, 3.8) is 0 Å². The first kappa shape index (κ1) is 14.8. The van der Waals surface area contributed by atoms with E-state index in [0.29, 0.717) is 10.6 Å². The molecule has 0 aliphatic carbocycles. The number of nitro benzene ring substituents is 1. The number of hydrogen-bond donors (Lipinski definition) is 3. The van der Waals surface area contributed by atoms with Crippen LogP contribution in [0.1, 0.15) is 12.5 Å². The molecule has 0 aromatic heterocycles. The topological polar surface area (TPSA) is 95.6 Å². The van der Waals surface area contributed by atoms with Crippen LogP contribution in [0.2, 0.25) is 5.02 Å². The lowest BCUT2D eigenvalue weighted by Crippen LogP contribution is -2.40. The average molecular weight is 275 g/mol. The number of rotatable bonds is 6. The zero-order chi connectivity index (χ0) is 13.8. The van der Waals surface area contributed by atoms with Crippen LogP contribution < -0.4 is 5.32 Å². The van der Waals surface area contributed by atoms with Crippen molar-refractivity contribution >= 4 is 17.3 Å². The van der Waals surface area contributed by atoms with Gasteiger partial charge in [-0.2, -0.15) is 0 Å². The van der Waals surface area contributed by atoms with E-state index in [4.69, 9.17) is 16.7 Å². The molecule has 0 aliphatic rings. The van der Waals surface area contributed by atoms with Crippen molar-refractivity contribution in [3.8, 4) is 0 Å². The van der Waals surface area contributed by atoms with Crippen molar-refractivity contribution in [2.24, 2.45) is 0 Å². The van der Waals surface area contributed by atoms with Crippen molar-refractivity contribution in [1.29, 1.82) is 0 Å². The van der Waals surface area contributed by atoms with Crippen LogP contribution in [0.15, 0.2) is 18.2 Å². The molecule has 1 aromatic carbocycles. The maximum absolute atomic E-state index is 10.8. The largest absolute Gasteiger partial charge is 0.393 e. The minimum atomic E-state index is -1.26. The summed E-state index contributed by atoms with van der Waals surface area (Å²) in [4.78, 5) is 10.3. The van der Waals surface area contributed by atoms with Gasteiger partial charge in [0.1, 0.15) is 0 Å². The first-order chi connectivity index (χ1) is 8.35. The highest BCUT2D eigenvalue weighted by molar-refractivity contribution is 6.30. The summed E-state index contributed by atoms with van der Waals surface area (Å²) < 4.78 is 0. The van der Waals surface area contributed by atoms with Gasteiger partial charge in [-0.3, -0.25) is 10.1 Å². The lowest BCUT2D eigenvalue weighted by molar-refractivity contribution is -0.385. The molecule has 1 rings (SSSR count). The number of benzene rings is 1. The fourth-order valence-corrected chi connectivity index (χ4v) is 1.59. The summed E-state index contributed by atoms with van der Waals surface area (Å²) in [5, 5.41) is 32.5. The third kappa shape index (κ3) is 4.23. The van der Waals surface area contributed by atoms with E-state index >= 15 is 0 Å². The number of halogens is 1. The van der Waals surface area contributed by atoms with Gasteiger partial charge >= 0.3 is 0 Å². The van der Waals surface area contributed by atoms with Crippen LogP contribution in [0.25, 0.3) is 0 Å². The maximum Gasteiger partial charge on any atom is 0.273 e. The summed E-state index contributed by atoms with van der Waals surface area (Å²) in [6, 6.07) is 4.29. The second-order valence-electron chi connectivity index (χ2n) is 4.29. The van der Waals surface area contributed by atoms with Gasteiger partial charge in [-0.1, -0.05) is 11.6 Å². The Kier molecular flexibility index (Phi) is 5.03. The summed E-state index contributed by atoms with van der Waals surface area (Å²) in [6.07, 6.45) is 0. The Balaban J connectivity index is 2.72. The van der Waals surface area contributed by atoms with E-state index in [-0.39, 0.29) is 18.8 Å². The van der Waals surface area contributed by atoms with Crippen LogP contribution >= 0.6 is 11.6 Å². The fourth-order valence-electron chi connectivity index (χ4n) is 1.40. The predicted octanol–water partition coefficient (Wildman–Crippen LogP) is 1.08. The van der Waals surface area contributed by atoms with Gasteiger partial charge in [0.25, 0.3) is 5.69 Å². The minimum Gasteiger partial charge on any atom is -0.393 e. The molecular weight excluding hydrogens is 260 g/mol. The molecule has 1 unspecified atom stereocenters. The molecule has 1 atom stereocenters. The SMILES string of the molecule is CC(O)(CO)CNCc1cc(Cl)ccc1[N+](=O)[O-]. The van der Waals surface area contributed by atoms with Crippen LogP contribution in [0.4, 0.5) is 5.69 Å². The number of nitrogens with one attached hydrogen (secondary N) is 1. The van der Waals surface area contributed by atoms with Crippen LogP contribution in [-0.2, 0) is 6.54 Å². The van der Waals surface area contributed by atoms with Gasteiger partial charge in [0.2, 0.25) is 0 Å². The van der Waals surface area contributed by atoms with Crippen molar-refractivity contribution in [3.05, 3.63) is 38.9 Å². The first-order valence-corrected chi connectivity index (χ1v) is 5.70. The van der Waals surface area contributed by atoms with Gasteiger partial charge in [0.05, 0.1) is 17.1 Å². The Morgan fingerprint density at radius 1 is 1.56 bits per heavy atom. The molecule has 0 amide bonds. The van der Waals surface area contributed by atoms with E-state index in [2.05, 4.69) is 5.32 Å². The fraction of sp³-hybridized carbons (Fsp3) is 0.455. The molecule has 0 bridgehead atoms. The molecule has 0 radical (unpaired) electrons. The lowest BCUT2D eigenvalue weighted by Gasteiger charge is -2.20. The standard InChI is InChI=1S/C11H15ClN2O4/c1-11(16,7-15)6-13-5-8-4-9(12)2-3-10(8)14(17)18/h2-4,13,15-16H,5-7H2,1H3. The van der Waals surface area contributed by atoms with Gasteiger partial charge in [-0.25, -0.2) is 0 Å². The molecular formula is C11H15ClN2O4. The number of hydrogen-bond acceptors (Lipinski definition) is 5. The summed E-state index contributed by atoms with van der Waals surface area (Å²) in [5.41, 5.74) is -0.857. The highest BCUT2D eigenvalue weighted by Gasteiger charge is 2.19. The lowest BCUT2D eigenvalue weighted by atomic mass is 10.1. The van der Waals surface area contributed by atoms with Gasteiger partial charge in [0.15, 0.2) is 0 Å². The second kappa shape index (κ2) is 6.10. The van der Waals surface area contributed by atoms with Gasteiger partial charge in [-0.05, 0) is 19.1 Å². The Morgan fingerprint density at radius 2 is 2.22 bits per heavy atom. The van der Waals surface area contributed by atoms with E-state index in [1.54, 1.807) is 0 Å². The van der Waals surface area contributed by atoms with Crippen LogP contribution in [-0.4, -0.2) is 33.9 Å². The molecule has 0 saturated carbocycles. The second-order valence-corrected chi connectivity index (χ2v) is 4.73. The van der Waals surface area contributed by atoms with Crippen LogP contribution in [0.3, 0.4) is 0 Å². The first-order valence-electron chi connectivity index (χ1n) is 5.32. The number of nitro groups is 1. The molecule has 0 aliphatic heterocycles. The minimum absolute atomic E-state index is 0.0319. The summed E-state index contributed by atoms with van der Waals surface area (Å²) >= 11 is 5.78. The smallest absolute Gasteiger partial charge is 0.273 e. The Hall–Kier alpha value is -1.21. The number of nitrogens with zero attached hydrogens (tertiary/aromatic N) is 1. The molecule has 7 heteroatoms. The molecule has 3 N–H and O–H groups in total. The number of aliphatic hydroxyl groups excluding tert-OH is 1. The monoisotopic (exact) mass is 274 g/mol. The van der Waals surface area contributed by atoms with E-state index in [9.17, 15) is 15.2 Å². The van der Waals surface area contributed by atoms with Crippen molar-refractivity contribution in [2.75, 3.05) is 13.2 Å². The average Bonchev–Trinajstić information content (AvgIpc) is 2.28. The van der Waals surface area contributed by atoms with E-state index in [1.807, 2.05) is 0 Å². The molecule has 0 fully saturated rings. The third-order valence-corrected chi connectivity index (χ3v) is 2.64. The van der Waals surface area contributed by atoms with E-state index in [0.717, 1.165) is 0 Å². The van der Waals surface area contributed by atoms with Crippen molar-refractivity contribution in [1.82, 2.24) is 5.32 Å². The highest BCUT2D eigenvalue weighted by atomic mass is 35.5. The van der Waals surface area contributed by atoms with E-state index < -0.39 is 17.1 Å². The van der Waals surface area contributed by atoms with Gasteiger partial charge < -0.3 is 15.5 Å². The molecule has 0 heterocycles. The Bertz CT molecular complexity index is 437. The van der Waals surface area contributed by atoms with Gasteiger partial charge in [-0.15, -0.1) is 0 Å². The quantitative estimate of drug-likeness (QED) is 0.533. The predicted molar refractivity (Wildman–Crippen MR) is 67.5 cm³/mol. The highest BCUT2D eigenvalue weighted by Crippen LogP contribution is 2.22. The summed E-state index contributed by atoms with van der Waals surface area (Å²) in [7, 11) is 0. The van der Waals surface area contributed by atoms with Crippen LogP contribution in [0, 0.1) is 10.1 Å². The summed E-state index contributed by atoms with van der Waals surface area (Å²) in [5.74, 6) is 0. The van der Waals surface area contributed by atoms with Crippen LogP contribution in [0.5, 0.6) is 0 Å². The molecule has 0 spiro atoms. The van der Waals surface area contributed by atoms with Crippen molar-refractivity contribution in [2.45, 2.75) is 19.1 Å². The third-order valence-electron chi connectivity index (χ3n) is 2.40. The molecule has 1 aromatic rings. The number of aliphatic hydroxyl groups is 2. The Morgan fingerprint density at radius 3 is 2.78 bits per heavy atom. The zero-order valence-corrected chi connectivity index (χ0v) is 10.6. The zero-order valence-electron chi connectivity index (χ0n) is 9.89. The Labute approximate surface area is 109 Å². The molecule has 6 nitrogen and oxygen atoms in total. The summed E-state index contributed by atoms with van der Waals surface area (Å²) in [6.45, 7) is 1.38. The van der Waals surface area contributed by atoms with Gasteiger partial charge in [0, 0.05) is 29.7 Å². The van der Waals surface area contributed by atoms with Crippen molar-refractivity contribution < 1.29 is 15.1 Å². The molecule has 18 heavy (non-hydrogen) atoms. The molecule has 100 valence electrons.